The van der Waals surface area contributed by atoms with E-state index < -0.39 is 10.7 Å². The first-order valence-corrected chi connectivity index (χ1v) is 3.96. The van der Waals surface area contributed by atoms with Crippen LogP contribution in [0.3, 0.4) is 0 Å². The van der Waals surface area contributed by atoms with E-state index in [1.807, 2.05) is 20.8 Å². The lowest BCUT2D eigenvalue weighted by Crippen LogP contribution is -2.32. The molecule has 0 bridgehead atoms. The van der Waals surface area contributed by atoms with Gasteiger partial charge in [-0.3, -0.25) is 0 Å². The maximum Gasteiger partial charge on any atom is 0.295 e. The van der Waals surface area contributed by atoms with Gasteiger partial charge in [0.25, 0.3) is 5.09 Å². The van der Waals surface area contributed by atoms with Gasteiger partial charge in [-0.05, 0) is 25.7 Å². The Bertz CT molecular complexity index is 170. The van der Waals surface area contributed by atoms with E-state index in [9.17, 15) is 10.1 Å². The zero-order valence-electron chi connectivity index (χ0n) is 8.38. The molecule has 0 radical (unpaired) electrons. The summed E-state index contributed by atoms with van der Waals surface area (Å²) in [5, 5.41) is 9.35. The Balaban J connectivity index is 4.13. The molecular formula is C8H17NO3. The lowest BCUT2D eigenvalue weighted by atomic mass is 9.84. The molecule has 0 rings (SSSR count). The highest BCUT2D eigenvalue weighted by molar-refractivity contribution is 4.75. The summed E-state index contributed by atoms with van der Waals surface area (Å²) in [6.07, 6.45) is 0.654. The van der Waals surface area contributed by atoms with Crippen LogP contribution in [0.15, 0.2) is 0 Å². The van der Waals surface area contributed by atoms with Crippen molar-refractivity contribution in [2.75, 3.05) is 0 Å². The molecule has 0 aromatic rings. The molecule has 0 aromatic heterocycles. The first kappa shape index (κ1) is 11.2. The zero-order valence-corrected chi connectivity index (χ0v) is 8.38. The van der Waals surface area contributed by atoms with E-state index in [2.05, 4.69) is 4.84 Å². The van der Waals surface area contributed by atoms with Crippen LogP contribution in [-0.4, -0.2) is 10.7 Å². The van der Waals surface area contributed by atoms with Gasteiger partial charge in [-0.25, -0.2) is 0 Å². The smallest absolute Gasteiger partial charge is 0.295 e. The largest absolute Gasteiger partial charge is 0.308 e. The Kier molecular flexibility index (Phi) is 3.07. The van der Waals surface area contributed by atoms with Gasteiger partial charge in [-0.1, -0.05) is 20.8 Å². The van der Waals surface area contributed by atoms with Gasteiger partial charge in [0.1, 0.15) is 5.60 Å². The molecule has 0 aliphatic heterocycles. The highest BCUT2D eigenvalue weighted by atomic mass is 17.0. The summed E-state index contributed by atoms with van der Waals surface area (Å²) in [5.74, 6) is 0. The maximum absolute atomic E-state index is 10.1. The second-order valence-electron chi connectivity index (χ2n) is 4.81. The van der Waals surface area contributed by atoms with Crippen LogP contribution in [-0.2, 0) is 4.84 Å². The first-order valence-electron chi connectivity index (χ1n) is 3.96. The van der Waals surface area contributed by atoms with Gasteiger partial charge in [0, 0.05) is 0 Å². The summed E-state index contributed by atoms with van der Waals surface area (Å²) in [6.45, 7) is 9.52. The molecule has 0 aliphatic rings. The molecule has 0 saturated carbocycles. The average molecular weight is 175 g/mol. The summed E-state index contributed by atoms with van der Waals surface area (Å²) < 4.78 is 0. The van der Waals surface area contributed by atoms with Crippen LogP contribution in [0.25, 0.3) is 0 Å². The molecule has 0 saturated heterocycles. The fourth-order valence-electron chi connectivity index (χ4n) is 1.51. The minimum Gasteiger partial charge on any atom is -0.308 e. The number of hydrogen-bond donors (Lipinski definition) is 0. The second-order valence-corrected chi connectivity index (χ2v) is 4.81. The molecule has 4 heteroatoms. The minimum atomic E-state index is -0.730. The van der Waals surface area contributed by atoms with Crippen molar-refractivity contribution >= 4 is 0 Å². The van der Waals surface area contributed by atoms with Gasteiger partial charge in [0.15, 0.2) is 0 Å². The normalized spacial score (nSPS) is 12.8. The molecule has 4 nitrogen and oxygen atoms in total. The SMILES string of the molecule is CC(C)(C)CC(C)(C)O[N+](=O)[O-]. The van der Waals surface area contributed by atoms with E-state index in [4.69, 9.17) is 0 Å². The van der Waals surface area contributed by atoms with Crippen LogP contribution in [0.2, 0.25) is 0 Å². The van der Waals surface area contributed by atoms with Crippen molar-refractivity contribution in [1.29, 1.82) is 0 Å². The number of nitrogens with zero attached hydrogens (tertiary/aromatic N) is 1. The molecule has 0 spiro atoms. The van der Waals surface area contributed by atoms with Crippen LogP contribution in [0.1, 0.15) is 41.0 Å². The molecule has 72 valence electrons. The van der Waals surface area contributed by atoms with E-state index >= 15 is 0 Å². The van der Waals surface area contributed by atoms with Gasteiger partial charge in [0.05, 0.1) is 0 Å². The predicted octanol–water partition coefficient (Wildman–Crippen LogP) is 2.41. The van der Waals surface area contributed by atoms with E-state index in [0.29, 0.717) is 6.42 Å². The Hall–Kier alpha value is -0.800. The van der Waals surface area contributed by atoms with E-state index in [0.717, 1.165) is 0 Å². The summed E-state index contributed by atoms with van der Waals surface area (Å²) in [7, 11) is 0. The standard InChI is InChI=1S/C8H17NO3/c1-7(2,3)6-8(4,5)12-9(10)11/h6H2,1-5H3. The van der Waals surface area contributed by atoms with Gasteiger partial charge < -0.3 is 4.84 Å². The summed E-state index contributed by atoms with van der Waals surface area (Å²) >= 11 is 0. The van der Waals surface area contributed by atoms with Crippen LogP contribution < -0.4 is 0 Å². The van der Waals surface area contributed by atoms with Gasteiger partial charge in [-0.15, -0.1) is 10.1 Å². The molecular weight excluding hydrogens is 158 g/mol. The quantitative estimate of drug-likeness (QED) is 0.489. The maximum atomic E-state index is 10.1. The molecule has 0 atom stereocenters. The molecule has 0 aromatic carbocycles. The molecule has 0 heterocycles. The lowest BCUT2D eigenvalue weighted by Gasteiger charge is -2.29. The van der Waals surface area contributed by atoms with Crippen molar-refractivity contribution < 1.29 is 9.92 Å². The molecule has 0 N–H and O–H groups in total. The summed E-state index contributed by atoms with van der Waals surface area (Å²) in [6, 6.07) is 0. The van der Waals surface area contributed by atoms with Crippen molar-refractivity contribution in [3.05, 3.63) is 10.1 Å². The topological polar surface area (TPSA) is 52.4 Å². The lowest BCUT2D eigenvalue weighted by molar-refractivity contribution is -0.779. The number of rotatable bonds is 3. The van der Waals surface area contributed by atoms with Crippen molar-refractivity contribution in [2.24, 2.45) is 5.41 Å². The van der Waals surface area contributed by atoms with E-state index in [1.165, 1.54) is 0 Å². The van der Waals surface area contributed by atoms with Crippen LogP contribution in [0.5, 0.6) is 0 Å². The summed E-state index contributed by atoms with van der Waals surface area (Å²) in [5.41, 5.74) is -0.652. The Morgan fingerprint density at radius 3 is 1.92 bits per heavy atom. The first-order chi connectivity index (χ1) is 5.12. The van der Waals surface area contributed by atoms with Crippen molar-refractivity contribution in [3.8, 4) is 0 Å². The monoisotopic (exact) mass is 175 g/mol. The molecule has 0 fully saturated rings. The third-order valence-electron chi connectivity index (χ3n) is 1.28. The molecule has 0 aliphatic carbocycles. The van der Waals surface area contributed by atoms with Crippen molar-refractivity contribution in [1.82, 2.24) is 0 Å². The van der Waals surface area contributed by atoms with Crippen LogP contribution in [0.4, 0.5) is 0 Å². The summed E-state index contributed by atoms with van der Waals surface area (Å²) in [4.78, 5) is 14.6. The third-order valence-corrected chi connectivity index (χ3v) is 1.28. The average Bonchev–Trinajstić information content (AvgIpc) is 1.48. The van der Waals surface area contributed by atoms with Crippen LogP contribution >= 0.6 is 0 Å². The van der Waals surface area contributed by atoms with Gasteiger partial charge in [0.2, 0.25) is 0 Å². The Labute approximate surface area is 73.0 Å². The highest BCUT2D eigenvalue weighted by Gasteiger charge is 2.28. The van der Waals surface area contributed by atoms with E-state index in [-0.39, 0.29) is 5.41 Å². The molecule has 12 heavy (non-hydrogen) atoms. The highest BCUT2D eigenvalue weighted by Crippen LogP contribution is 2.29. The fourth-order valence-corrected chi connectivity index (χ4v) is 1.51. The van der Waals surface area contributed by atoms with Gasteiger partial charge in [-0.2, -0.15) is 0 Å². The Morgan fingerprint density at radius 2 is 1.67 bits per heavy atom. The fraction of sp³-hybridized carbons (Fsp3) is 1.00. The minimum absolute atomic E-state index is 0.0412. The molecule has 0 unspecified atom stereocenters. The predicted molar refractivity (Wildman–Crippen MR) is 46.2 cm³/mol. The van der Waals surface area contributed by atoms with E-state index in [1.54, 1.807) is 13.8 Å². The number of hydrogen-bond acceptors (Lipinski definition) is 3. The van der Waals surface area contributed by atoms with Crippen molar-refractivity contribution in [3.63, 3.8) is 0 Å². The Morgan fingerprint density at radius 1 is 1.25 bits per heavy atom. The van der Waals surface area contributed by atoms with Crippen LogP contribution in [0, 0.1) is 15.5 Å². The second kappa shape index (κ2) is 3.29. The van der Waals surface area contributed by atoms with Gasteiger partial charge >= 0.3 is 0 Å². The van der Waals surface area contributed by atoms with Crippen molar-refractivity contribution in [2.45, 2.75) is 46.6 Å². The zero-order chi connectivity index (χ0) is 9.99. The third kappa shape index (κ3) is 5.95. The molecule has 0 amide bonds.